The molecule has 1 fully saturated rings. The predicted molar refractivity (Wildman–Crippen MR) is 73.5 cm³/mol. The molecule has 0 saturated heterocycles. The summed E-state index contributed by atoms with van der Waals surface area (Å²) >= 11 is 1.72. The molecule has 2 N–H and O–H groups in total. The molecule has 0 aliphatic heterocycles. The van der Waals surface area contributed by atoms with Gasteiger partial charge in [-0.25, -0.2) is 4.68 Å². The van der Waals surface area contributed by atoms with Gasteiger partial charge in [0.15, 0.2) is 0 Å². The van der Waals surface area contributed by atoms with Crippen LogP contribution in [0.25, 0.3) is 0 Å². The Balaban J connectivity index is 2.11. The van der Waals surface area contributed by atoms with E-state index in [0.717, 1.165) is 5.16 Å². The van der Waals surface area contributed by atoms with E-state index >= 15 is 0 Å². The molecule has 0 bridgehead atoms. The average Bonchev–Trinajstić information content (AvgIpc) is 2.94. The molecule has 1 heterocycles. The third-order valence-corrected chi connectivity index (χ3v) is 5.22. The summed E-state index contributed by atoms with van der Waals surface area (Å²) in [4.78, 5) is 0. The molecule has 1 aromatic heterocycles. The molecule has 18 heavy (non-hydrogen) atoms. The lowest BCUT2D eigenvalue weighted by Crippen LogP contribution is -2.31. The average molecular weight is 269 g/mol. The Morgan fingerprint density at radius 1 is 1.39 bits per heavy atom. The highest BCUT2D eigenvalue weighted by atomic mass is 32.2. The normalized spacial score (nSPS) is 19.3. The van der Waals surface area contributed by atoms with Crippen LogP contribution in [0.15, 0.2) is 5.16 Å². The molecular weight excluding hydrogens is 246 g/mol. The summed E-state index contributed by atoms with van der Waals surface area (Å²) in [6.07, 6.45) is 4.96. The van der Waals surface area contributed by atoms with Gasteiger partial charge in [0.05, 0.1) is 6.04 Å². The number of nitrogens with zero attached hydrogens (tertiary/aromatic N) is 4. The van der Waals surface area contributed by atoms with Gasteiger partial charge in [-0.15, -0.1) is 5.10 Å². The number of thioether (sulfide) groups is 1. The Morgan fingerprint density at radius 2 is 2.06 bits per heavy atom. The van der Waals surface area contributed by atoms with E-state index in [9.17, 15) is 0 Å². The third kappa shape index (κ3) is 3.03. The van der Waals surface area contributed by atoms with Crippen molar-refractivity contribution >= 4 is 11.8 Å². The molecule has 5 nitrogen and oxygen atoms in total. The van der Waals surface area contributed by atoms with Crippen LogP contribution in [0.3, 0.4) is 0 Å². The van der Waals surface area contributed by atoms with Gasteiger partial charge >= 0.3 is 0 Å². The molecule has 1 saturated carbocycles. The molecule has 1 unspecified atom stereocenters. The first-order valence-electron chi connectivity index (χ1n) is 6.67. The van der Waals surface area contributed by atoms with Crippen molar-refractivity contribution in [2.75, 3.05) is 6.54 Å². The van der Waals surface area contributed by atoms with E-state index in [2.05, 4.69) is 36.3 Å². The zero-order valence-corrected chi connectivity index (χ0v) is 12.3. The lowest BCUT2D eigenvalue weighted by molar-refractivity contribution is 0.392. The number of hydrogen-bond acceptors (Lipinski definition) is 5. The van der Waals surface area contributed by atoms with Gasteiger partial charge in [-0.05, 0) is 28.7 Å². The van der Waals surface area contributed by atoms with Crippen LogP contribution < -0.4 is 5.73 Å². The van der Waals surface area contributed by atoms with Crippen LogP contribution in [0.5, 0.6) is 0 Å². The van der Waals surface area contributed by atoms with Crippen molar-refractivity contribution in [3.8, 4) is 0 Å². The molecular formula is C12H23N5S. The summed E-state index contributed by atoms with van der Waals surface area (Å²) in [6.45, 7) is 7.27. The van der Waals surface area contributed by atoms with Crippen LogP contribution in [0.1, 0.15) is 52.5 Å². The molecule has 6 heteroatoms. The molecule has 0 aromatic carbocycles. The largest absolute Gasteiger partial charge is 0.329 e. The number of tetrazole rings is 1. The smallest absolute Gasteiger partial charge is 0.209 e. The lowest BCUT2D eigenvalue weighted by atomic mass is 9.92. The van der Waals surface area contributed by atoms with Gasteiger partial charge in [0, 0.05) is 11.8 Å². The number of rotatable bonds is 4. The molecule has 0 amide bonds. The van der Waals surface area contributed by atoms with Gasteiger partial charge in [0.25, 0.3) is 0 Å². The molecule has 0 spiro atoms. The van der Waals surface area contributed by atoms with Crippen molar-refractivity contribution in [2.24, 2.45) is 11.1 Å². The summed E-state index contributed by atoms with van der Waals surface area (Å²) in [7, 11) is 0. The first-order chi connectivity index (χ1) is 8.52. The summed E-state index contributed by atoms with van der Waals surface area (Å²) in [5.74, 6) is 0. The quantitative estimate of drug-likeness (QED) is 0.849. The van der Waals surface area contributed by atoms with E-state index in [-0.39, 0.29) is 5.41 Å². The molecule has 0 radical (unpaired) electrons. The van der Waals surface area contributed by atoms with E-state index in [1.807, 2.05) is 4.68 Å². The van der Waals surface area contributed by atoms with Crippen molar-refractivity contribution in [1.82, 2.24) is 20.2 Å². The van der Waals surface area contributed by atoms with Crippen molar-refractivity contribution in [2.45, 2.75) is 62.9 Å². The van der Waals surface area contributed by atoms with Crippen LogP contribution in [0.2, 0.25) is 0 Å². The fourth-order valence-electron chi connectivity index (χ4n) is 2.35. The Bertz CT molecular complexity index is 378. The maximum absolute atomic E-state index is 5.88. The van der Waals surface area contributed by atoms with E-state index in [1.54, 1.807) is 11.8 Å². The van der Waals surface area contributed by atoms with Gasteiger partial charge < -0.3 is 5.73 Å². The first-order valence-corrected chi connectivity index (χ1v) is 7.55. The Morgan fingerprint density at radius 3 is 2.61 bits per heavy atom. The minimum atomic E-state index is 0.159. The van der Waals surface area contributed by atoms with Crippen LogP contribution >= 0.6 is 11.8 Å². The monoisotopic (exact) mass is 269 g/mol. The van der Waals surface area contributed by atoms with Crippen LogP contribution in [0, 0.1) is 5.41 Å². The summed E-state index contributed by atoms with van der Waals surface area (Å²) in [5.41, 5.74) is 6.04. The molecule has 1 atom stereocenters. The third-order valence-electron chi connectivity index (χ3n) is 3.56. The summed E-state index contributed by atoms with van der Waals surface area (Å²) in [5, 5.41) is 13.4. The topological polar surface area (TPSA) is 69.6 Å². The van der Waals surface area contributed by atoms with E-state index in [0.29, 0.717) is 17.8 Å². The molecule has 2 rings (SSSR count). The number of hydrogen-bond donors (Lipinski definition) is 1. The maximum atomic E-state index is 5.88. The zero-order valence-electron chi connectivity index (χ0n) is 11.5. The lowest BCUT2D eigenvalue weighted by Gasteiger charge is -2.28. The minimum absolute atomic E-state index is 0.159. The number of nitrogens with two attached hydrogens (primary N) is 1. The standard InChI is InChI=1S/C12H23N5S/c1-12(2,3)10(8-13)18-11-14-15-16-17(11)9-6-4-5-7-9/h9-10H,4-8,13H2,1-3H3. The van der Waals surface area contributed by atoms with E-state index < -0.39 is 0 Å². The van der Waals surface area contributed by atoms with Crippen LogP contribution in [-0.2, 0) is 0 Å². The minimum Gasteiger partial charge on any atom is -0.329 e. The predicted octanol–water partition coefficient (Wildman–Crippen LogP) is 2.25. The Kier molecular flexibility index (Phi) is 4.27. The maximum Gasteiger partial charge on any atom is 0.209 e. The Hall–Kier alpha value is -0.620. The van der Waals surface area contributed by atoms with E-state index in [1.165, 1.54) is 25.7 Å². The molecule has 1 aromatic rings. The van der Waals surface area contributed by atoms with Gasteiger partial charge in [-0.1, -0.05) is 45.4 Å². The van der Waals surface area contributed by atoms with Gasteiger partial charge in [0.1, 0.15) is 0 Å². The molecule has 102 valence electrons. The highest BCUT2D eigenvalue weighted by Crippen LogP contribution is 2.36. The SMILES string of the molecule is CC(C)(C)C(CN)Sc1nnnn1C1CCCC1. The number of aromatic nitrogens is 4. The first kappa shape index (κ1) is 13.8. The van der Waals surface area contributed by atoms with Gasteiger partial charge in [-0.2, -0.15) is 0 Å². The molecule has 1 aliphatic carbocycles. The van der Waals surface area contributed by atoms with Crippen molar-refractivity contribution in [3.05, 3.63) is 0 Å². The fraction of sp³-hybridized carbons (Fsp3) is 0.917. The Labute approximate surface area is 113 Å². The fourth-order valence-corrected chi connectivity index (χ4v) is 3.43. The second kappa shape index (κ2) is 5.57. The van der Waals surface area contributed by atoms with Gasteiger partial charge in [0.2, 0.25) is 5.16 Å². The summed E-state index contributed by atoms with van der Waals surface area (Å²) in [6, 6.07) is 0.487. The van der Waals surface area contributed by atoms with Crippen LogP contribution in [-0.4, -0.2) is 32.0 Å². The van der Waals surface area contributed by atoms with Gasteiger partial charge in [-0.3, -0.25) is 0 Å². The van der Waals surface area contributed by atoms with Crippen molar-refractivity contribution < 1.29 is 0 Å². The van der Waals surface area contributed by atoms with E-state index in [4.69, 9.17) is 5.73 Å². The molecule has 1 aliphatic rings. The second-order valence-electron chi connectivity index (χ2n) is 6.05. The van der Waals surface area contributed by atoms with Crippen molar-refractivity contribution in [1.29, 1.82) is 0 Å². The zero-order chi connectivity index (χ0) is 13.2. The highest BCUT2D eigenvalue weighted by Gasteiger charge is 2.28. The highest BCUT2D eigenvalue weighted by molar-refractivity contribution is 7.99. The van der Waals surface area contributed by atoms with Crippen LogP contribution in [0.4, 0.5) is 0 Å². The van der Waals surface area contributed by atoms with Crippen molar-refractivity contribution in [3.63, 3.8) is 0 Å². The second-order valence-corrected chi connectivity index (χ2v) is 7.22. The summed E-state index contributed by atoms with van der Waals surface area (Å²) < 4.78 is 2.01.